The molecule has 0 radical (unpaired) electrons. The van der Waals surface area contributed by atoms with Crippen LogP contribution in [0, 0.1) is 0 Å². The first-order valence-electron chi connectivity index (χ1n) is 7.96. The van der Waals surface area contributed by atoms with Crippen molar-refractivity contribution in [3.05, 3.63) is 0 Å². The highest BCUT2D eigenvalue weighted by Gasteiger charge is 2.34. The zero-order valence-corrected chi connectivity index (χ0v) is 17.9. The number of nitrogens with zero attached hydrogens (tertiary/aromatic N) is 2. The highest BCUT2D eigenvalue weighted by molar-refractivity contribution is 14.0. The summed E-state index contributed by atoms with van der Waals surface area (Å²) < 4.78 is 10.2. The summed E-state index contributed by atoms with van der Waals surface area (Å²) in [6.07, 6.45) is -0.319. The Bertz CT molecular complexity index is 461. The van der Waals surface area contributed by atoms with Crippen LogP contribution in [0.5, 0.6) is 0 Å². The van der Waals surface area contributed by atoms with Gasteiger partial charge in [0, 0.05) is 33.8 Å². The first kappa shape index (κ1) is 23.7. The summed E-state index contributed by atoms with van der Waals surface area (Å²) in [6, 6.07) is 0.0836. The molecule has 10 heteroatoms. The Morgan fingerprint density at radius 2 is 1.88 bits per heavy atom. The molecule has 0 atom stereocenters. The number of guanidine groups is 1. The van der Waals surface area contributed by atoms with Crippen molar-refractivity contribution in [2.75, 3.05) is 46.9 Å². The molecule has 0 saturated carbocycles. The van der Waals surface area contributed by atoms with Crippen LogP contribution in [0.1, 0.15) is 20.8 Å². The molecule has 1 rings (SSSR count). The van der Waals surface area contributed by atoms with Crippen LogP contribution in [0.4, 0.5) is 4.79 Å². The number of methoxy groups -OCH3 is 1. The van der Waals surface area contributed by atoms with Crippen molar-refractivity contribution in [1.82, 2.24) is 20.9 Å². The average Bonchev–Trinajstić information content (AvgIpc) is 2.43. The summed E-state index contributed by atoms with van der Waals surface area (Å²) in [5, 5.41) is 8.80. The lowest BCUT2D eigenvalue weighted by molar-refractivity contribution is -0.120. The standard InChI is InChI=1S/C15H29N5O4.HI/c1-15(2,3)24-14(22)20-9-11(10-20)19-13(16-4)18-8-12(21)17-6-7-23-5;/h11H,6-10H2,1-5H3,(H,17,21)(H2,16,18,19);1H. The quantitative estimate of drug-likeness (QED) is 0.221. The van der Waals surface area contributed by atoms with Gasteiger partial charge in [0.25, 0.3) is 0 Å². The molecule has 2 amide bonds. The van der Waals surface area contributed by atoms with Crippen molar-refractivity contribution in [2.24, 2.45) is 4.99 Å². The molecule has 146 valence electrons. The van der Waals surface area contributed by atoms with Gasteiger partial charge in [0.2, 0.25) is 5.91 Å². The molecule has 0 spiro atoms. The number of halogens is 1. The Morgan fingerprint density at radius 3 is 2.40 bits per heavy atom. The van der Waals surface area contributed by atoms with Crippen molar-refractivity contribution in [3.63, 3.8) is 0 Å². The van der Waals surface area contributed by atoms with Gasteiger partial charge in [0.05, 0.1) is 19.2 Å². The second kappa shape index (κ2) is 11.3. The Morgan fingerprint density at radius 1 is 1.24 bits per heavy atom. The molecule has 0 unspecified atom stereocenters. The monoisotopic (exact) mass is 471 g/mol. The fourth-order valence-electron chi connectivity index (χ4n) is 1.95. The zero-order valence-electron chi connectivity index (χ0n) is 15.5. The predicted molar refractivity (Wildman–Crippen MR) is 106 cm³/mol. The van der Waals surface area contributed by atoms with Gasteiger partial charge in [-0.15, -0.1) is 24.0 Å². The number of ether oxygens (including phenoxy) is 2. The summed E-state index contributed by atoms with van der Waals surface area (Å²) in [5.74, 6) is 0.379. The van der Waals surface area contributed by atoms with Crippen molar-refractivity contribution in [2.45, 2.75) is 32.4 Å². The van der Waals surface area contributed by atoms with Gasteiger partial charge in [-0.3, -0.25) is 9.79 Å². The lowest BCUT2D eigenvalue weighted by Gasteiger charge is -2.40. The smallest absolute Gasteiger partial charge is 0.410 e. The number of hydrogen-bond acceptors (Lipinski definition) is 5. The van der Waals surface area contributed by atoms with Gasteiger partial charge in [-0.2, -0.15) is 0 Å². The molecule has 0 aliphatic carbocycles. The number of amides is 2. The van der Waals surface area contributed by atoms with E-state index in [9.17, 15) is 9.59 Å². The van der Waals surface area contributed by atoms with Gasteiger partial charge in [-0.25, -0.2) is 4.79 Å². The fraction of sp³-hybridized carbons (Fsp3) is 0.800. The molecule has 0 bridgehead atoms. The molecule has 3 N–H and O–H groups in total. The molecule has 25 heavy (non-hydrogen) atoms. The van der Waals surface area contributed by atoms with Gasteiger partial charge in [0.15, 0.2) is 5.96 Å². The highest BCUT2D eigenvalue weighted by Crippen LogP contribution is 2.14. The van der Waals surface area contributed by atoms with E-state index in [0.717, 1.165) is 0 Å². The van der Waals surface area contributed by atoms with E-state index in [1.54, 1.807) is 19.1 Å². The van der Waals surface area contributed by atoms with Crippen LogP contribution in [-0.2, 0) is 14.3 Å². The molecule has 1 heterocycles. The Kier molecular flexibility index (Phi) is 10.8. The Balaban J connectivity index is 0.00000576. The molecule has 1 aliphatic heterocycles. The topological polar surface area (TPSA) is 104 Å². The van der Waals surface area contributed by atoms with Crippen LogP contribution in [0.3, 0.4) is 0 Å². The summed E-state index contributed by atoms with van der Waals surface area (Å²) in [5.41, 5.74) is -0.497. The Hall–Kier alpha value is -1.30. The molecule has 0 aromatic heterocycles. The SMILES string of the molecule is CN=C(NCC(=O)NCCOC)NC1CN(C(=O)OC(C)(C)C)C1.I. The summed E-state index contributed by atoms with van der Waals surface area (Å²) >= 11 is 0. The van der Waals surface area contributed by atoms with Crippen LogP contribution in [0.2, 0.25) is 0 Å². The number of rotatable bonds is 6. The lowest BCUT2D eigenvalue weighted by atomic mass is 10.1. The van der Waals surface area contributed by atoms with E-state index in [2.05, 4.69) is 20.9 Å². The third-order valence-corrected chi connectivity index (χ3v) is 3.14. The first-order valence-corrected chi connectivity index (χ1v) is 7.96. The summed E-state index contributed by atoms with van der Waals surface area (Å²) in [7, 11) is 3.21. The first-order chi connectivity index (χ1) is 11.2. The number of carbonyl (C=O) groups is 2. The molecule has 1 aliphatic rings. The zero-order chi connectivity index (χ0) is 18.2. The van der Waals surface area contributed by atoms with Crippen LogP contribution in [0.15, 0.2) is 4.99 Å². The van der Waals surface area contributed by atoms with E-state index in [-0.39, 0.29) is 48.6 Å². The van der Waals surface area contributed by atoms with E-state index < -0.39 is 5.60 Å². The fourth-order valence-corrected chi connectivity index (χ4v) is 1.95. The maximum atomic E-state index is 11.8. The van der Waals surface area contributed by atoms with Crippen molar-refractivity contribution < 1.29 is 19.1 Å². The molecular formula is C15H30IN5O4. The lowest BCUT2D eigenvalue weighted by Crippen LogP contribution is -2.63. The van der Waals surface area contributed by atoms with Crippen LogP contribution in [-0.4, -0.2) is 81.4 Å². The largest absolute Gasteiger partial charge is 0.444 e. The van der Waals surface area contributed by atoms with E-state index in [4.69, 9.17) is 9.47 Å². The van der Waals surface area contributed by atoms with E-state index >= 15 is 0 Å². The van der Waals surface area contributed by atoms with E-state index in [1.165, 1.54) is 0 Å². The minimum Gasteiger partial charge on any atom is -0.444 e. The predicted octanol–water partition coefficient (Wildman–Crippen LogP) is 0.151. The molecule has 1 fully saturated rings. The number of likely N-dealkylation sites (tertiary alicyclic amines) is 1. The van der Waals surface area contributed by atoms with Crippen LogP contribution < -0.4 is 16.0 Å². The third-order valence-electron chi connectivity index (χ3n) is 3.14. The highest BCUT2D eigenvalue weighted by atomic mass is 127. The molecular weight excluding hydrogens is 441 g/mol. The van der Waals surface area contributed by atoms with Crippen molar-refractivity contribution in [3.8, 4) is 0 Å². The van der Waals surface area contributed by atoms with Crippen LogP contribution in [0.25, 0.3) is 0 Å². The van der Waals surface area contributed by atoms with Crippen molar-refractivity contribution >= 4 is 41.9 Å². The van der Waals surface area contributed by atoms with Gasteiger partial charge in [-0.05, 0) is 20.8 Å². The number of hydrogen-bond donors (Lipinski definition) is 3. The minimum atomic E-state index is -0.497. The average molecular weight is 471 g/mol. The number of nitrogens with one attached hydrogen (secondary N) is 3. The van der Waals surface area contributed by atoms with E-state index in [0.29, 0.717) is 32.2 Å². The molecule has 9 nitrogen and oxygen atoms in total. The van der Waals surface area contributed by atoms with Crippen LogP contribution >= 0.6 is 24.0 Å². The number of aliphatic imine (C=N–C) groups is 1. The molecule has 0 aromatic carbocycles. The van der Waals surface area contributed by atoms with Gasteiger partial charge < -0.3 is 30.3 Å². The second-order valence-electron chi connectivity index (χ2n) is 6.50. The normalized spacial score (nSPS) is 14.9. The minimum absolute atomic E-state index is 0. The van der Waals surface area contributed by atoms with Gasteiger partial charge in [0.1, 0.15) is 5.60 Å². The van der Waals surface area contributed by atoms with Gasteiger partial charge in [-0.1, -0.05) is 0 Å². The molecule has 0 aromatic rings. The maximum Gasteiger partial charge on any atom is 0.410 e. The third kappa shape index (κ3) is 9.68. The summed E-state index contributed by atoms with van der Waals surface area (Å²) in [4.78, 5) is 29.1. The summed E-state index contributed by atoms with van der Waals surface area (Å²) in [6.45, 7) is 7.65. The Labute approximate surface area is 166 Å². The number of carbonyl (C=O) groups excluding carboxylic acids is 2. The maximum absolute atomic E-state index is 11.8. The molecule has 1 saturated heterocycles. The van der Waals surface area contributed by atoms with Gasteiger partial charge >= 0.3 is 6.09 Å². The van der Waals surface area contributed by atoms with E-state index in [1.807, 2.05) is 20.8 Å². The second-order valence-corrected chi connectivity index (χ2v) is 6.50. The van der Waals surface area contributed by atoms with Crippen molar-refractivity contribution in [1.29, 1.82) is 0 Å².